The highest BCUT2D eigenvalue weighted by Crippen LogP contribution is 2.29. The fraction of sp³-hybridized carbons (Fsp3) is 0.125. The molecule has 0 fully saturated rings. The standard InChI is InChI=1S/C16H16N10O/c1-9-20-13(24-15(17)21-9)12-14(22-10-5-3-4-8-25(10)12)23-11-6-7-19-26(11)16(27)18-2/h3-8,23H,1-2H3,(H,18,27)(H2,17,20,21,24). The number of carbonyl (C=O) groups excluding carboxylic acids is 1. The molecule has 4 heterocycles. The van der Waals surface area contributed by atoms with Crippen LogP contribution in [0.4, 0.5) is 22.4 Å². The van der Waals surface area contributed by atoms with E-state index in [1.54, 1.807) is 13.0 Å². The number of amides is 1. The van der Waals surface area contributed by atoms with Crippen molar-refractivity contribution < 1.29 is 4.79 Å². The first-order chi connectivity index (χ1) is 13.1. The predicted molar refractivity (Wildman–Crippen MR) is 98.5 cm³/mol. The Hall–Kier alpha value is -4.02. The van der Waals surface area contributed by atoms with Crippen molar-refractivity contribution in [2.45, 2.75) is 6.92 Å². The lowest BCUT2D eigenvalue weighted by Crippen LogP contribution is -2.26. The van der Waals surface area contributed by atoms with Gasteiger partial charge in [0.15, 0.2) is 11.6 Å². The lowest BCUT2D eigenvalue weighted by Gasteiger charge is -2.09. The molecule has 4 rings (SSSR count). The quantitative estimate of drug-likeness (QED) is 0.492. The third kappa shape index (κ3) is 2.90. The highest BCUT2D eigenvalue weighted by atomic mass is 16.2. The van der Waals surface area contributed by atoms with Gasteiger partial charge in [0.25, 0.3) is 0 Å². The van der Waals surface area contributed by atoms with Gasteiger partial charge in [-0.2, -0.15) is 19.7 Å². The Kier molecular flexibility index (Phi) is 3.88. The number of aryl methyl sites for hydroxylation is 1. The van der Waals surface area contributed by atoms with Gasteiger partial charge < -0.3 is 16.4 Å². The molecule has 0 saturated heterocycles. The molecule has 4 aromatic heterocycles. The number of nitrogens with zero attached hydrogens (tertiary/aromatic N) is 7. The van der Waals surface area contributed by atoms with Gasteiger partial charge in [-0.25, -0.2) is 14.8 Å². The Morgan fingerprint density at radius 3 is 2.78 bits per heavy atom. The summed E-state index contributed by atoms with van der Waals surface area (Å²) in [5.74, 6) is 1.87. The summed E-state index contributed by atoms with van der Waals surface area (Å²) in [7, 11) is 1.53. The largest absolute Gasteiger partial charge is 0.368 e. The number of nitrogen functional groups attached to an aromatic ring is 1. The third-order valence-corrected chi connectivity index (χ3v) is 3.80. The number of nitrogens with two attached hydrogens (primary N) is 1. The number of imidazole rings is 1. The molecule has 0 unspecified atom stereocenters. The van der Waals surface area contributed by atoms with Crippen LogP contribution in [0.2, 0.25) is 0 Å². The van der Waals surface area contributed by atoms with Crippen molar-refractivity contribution in [3.8, 4) is 11.5 Å². The van der Waals surface area contributed by atoms with Crippen molar-refractivity contribution >= 4 is 29.3 Å². The molecule has 1 amide bonds. The summed E-state index contributed by atoms with van der Waals surface area (Å²) in [6, 6.07) is 6.87. The van der Waals surface area contributed by atoms with E-state index in [-0.39, 0.29) is 12.0 Å². The van der Waals surface area contributed by atoms with Crippen LogP contribution in [0.25, 0.3) is 17.2 Å². The third-order valence-electron chi connectivity index (χ3n) is 3.80. The van der Waals surface area contributed by atoms with E-state index in [1.807, 2.05) is 28.8 Å². The van der Waals surface area contributed by atoms with E-state index in [0.717, 1.165) is 0 Å². The molecule has 0 atom stereocenters. The van der Waals surface area contributed by atoms with Gasteiger partial charge in [0.2, 0.25) is 5.95 Å². The monoisotopic (exact) mass is 364 g/mol. The van der Waals surface area contributed by atoms with E-state index in [9.17, 15) is 4.79 Å². The van der Waals surface area contributed by atoms with Gasteiger partial charge in [-0.05, 0) is 19.1 Å². The lowest BCUT2D eigenvalue weighted by atomic mass is 10.3. The molecule has 0 aliphatic carbocycles. The second-order valence-electron chi connectivity index (χ2n) is 5.61. The van der Waals surface area contributed by atoms with Crippen molar-refractivity contribution in [2.24, 2.45) is 0 Å². The second-order valence-corrected chi connectivity index (χ2v) is 5.61. The minimum Gasteiger partial charge on any atom is -0.368 e. The Labute approximate surface area is 153 Å². The van der Waals surface area contributed by atoms with Crippen LogP contribution in [0.15, 0.2) is 36.7 Å². The van der Waals surface area contributed by atoms with Crippen LogP contribution in [0.3, 0.4) is 0 Å². The van der Waals surface area contributed by atoms with E-state index < -0.39 is 0 Å². The average Bonchev–Trinajstić information content (AvgIpc) is 3.24. The maximum Gasteiger partial charge on any atom is 0.343 e. The predicted octanol–water partition coefficient (Wildman–Crippen LogP) is 1.20. The van der Waals surface area contributed by atoms with Crippen LogP contribution >= 0.6 is 0 Å². The van der Waals surface area contributed by atoms with Gasteiger partial charge >= 0.3 is 6.03 Å². The summed E-state index contributed by atoms with van der Waals surface area (Å²) < 4.78 is 3.03. The SMILES string of the molecule is CNC(=O)n1nccc1Nc1nc2ccccn2c1-c1nc(C)nc(N)n1. The minimum atomic E-state index is -0.381. The van der Waals surface area contributed by atoms with Crippen LogP contribution in [0.1, 0.15) is 5.82 Å². The van der Waals surface area contributed by atoms with Gasteiger partial charge in [0.05, 0.1) is 6.20 Å². The number of nitrogens with one attached hydrogen (secondary N) is 2. The first kappa shape index (κ1) is 16.4. The van der Waals surface area contributed by atoms with Gasteiger partial charge in [-0.3, -0.25) is 4.40 Å². The fourth-order valence-corrected chi connectivity index (χ4v) is 2.69. The zero-order valence-electron chi connectivity index (χ0n) is 14.6. The minimum absolute atomic E-state index is 0.115. The molecular weight excluding hydrogens is 348 g/mol. The maximum atomic E-state index is 12.0. The molecule has 0 aliphatic rings. The molecule has 136 valence electrons. The van der Waals surface area contributed by atoms with Crippen molar-refractivity contribution in [3.05, 3.63) is 42.5 Å². The zero-order chi connectivity index (χ0) is 19.0. The summed E-state index contributed by atoms with van der Waals surface area (Å²) in [5.41, 5.74) is 7.07. The van der Waals surface area contributed by atoms with Crippen molar-refractivity contribution in [1.29, 1.82) is 0 Å². The van der Waals surface area contributed by atoms with Gasteiger partial charge in [-0.15, -0.1) is 0 Å². The first-order valence-electron chi connectivity index (χ1n) is 8.05. The van der Waals surface area contributed by atoms with E-state index in [0.29, 0.717) is 34.6 Å². The fourth-order valence-electron chi connectivity index (χ4n) is 2.69. The highest BCUT2D eigenvalue weighted by Gasteiger charge is 2.20. The number of fused-ring (bicyclic) bond motifs is 1. The molecular formula is C16H16N10O. The Balaban J connectivity index is 1.89. The molecule has 0 saturated carbocycles. The van der Waals surface area contributed by atoms with Crippen LogP contribution in [0, 0.1) is 6.92 Å². The number of aromatic nitrogens is 7. The van der Waals surface area contributed by atoms with Crippen molar-refractivity contribution in [3.63, 3.8) is 0 Å². The summed E-state index contributed by atoms with van der Waals surface area (Å²) >= 11 is 0. The van der Waals surface area contributed by atoms with Crippen LogP contribution in [-0.2, 0) is 0 Å². The molecule has 4 aromatic rings. The lowest BCUT2D eigenvalue weighted by molar-refractivity contribution is 0.242. The van der Waals surface area contributed by atoms with E-state index >= 15 is 0 Å². The molecule has 4 N–H and O–H groups in total. The number of anilines is 3. The molecule has 0 aromatic carbocycles. The molecule has 0 aliphatic heterocycles. The van der Waals surface area contributed by atoms with Crippen molar-refractivity contribution in [1.82, 2.24) is 39.4 Å². The average molecular weight is 364 g/mol. The Morgan fingerprint density at radius 1 is 1.15 bits per heavy atom. The van der Waals surface area contributed by atoms with Gasteiger partial charge in [0, 0.05) is 19.3 Å². The van der Waals surface area contributed by atoms with Crippen LogP contribution < -0.4 is 16.4 Å². The van der Waals surface area contributed by atoms with Crippen LogP contribution in [-0.4, -0.2) is 47.2 Å². The van der Waals surface area contributed by atoms with Crippen LogP contribution in [0.5, 0.6) is 0 Å². The second kappa shape index (κ2) is 6.37. The summed E-state index contributed by atoms with van der Waals surface area (Å²) in [6.07, 6.45) is 3.35. The normalized spacial score (nSPS) is 10.9. The molecule has 11 heteroatoms. The van der Waals surface area contributed by atoms with E-state index in [2.05, 4.69) is 35.7 Å². The first-order valence-corrected chi connectivity index (χ1v) is 8.05. The number of carbonyl (C=O) groups is 1. The smallest absolute Gasteiger partial charge is 0.343 e. The molecule has 11 nitrogen and oxygen atoms in total. The summed E-state index contributed by atoms with van der Waals surface area (Å²) in [6.45, 7) is 1.73. The van der Waals surface area contributed by atoms with Crippen molar-refractivity contribution in [2.75, 3.05) is 18.1 Å². The molecule has 27 heavy (non-hydrogen) atoms. The molecule has 0 bridgehead atoms. The number of rotatable bonds is 3. The summed E-state index contributed by atoms with van der Waals surface area (Å²) in [5, 5.41) is 9.67. The Morgan fingerprint density at radius 2 is 2.00 bits per heavy atom. The molecule has 0 spiro atoms. The molecule has 0 radical (unpaired) electrons. The number of pyridine rings is 1. The maximum absolute atomic E-state index is 12.0. The Bertz CT molecular complexity index is 1130. The summed E-state index contributed by atoms with van der Waals surface area (Å²) in [4.78, 5) is 29.2. The topological polar surface area (TPSA) is 141 Å². The van der Waals surface area contributed by atoms with Gasteiger partial charge in [-0.1, -0.05) is 6.07 Å². The highest BCUT2D eigenvalue weighted by molar-refractivity contribution is 5.82. The zero-order valence-corrected chi connectivity index (χ0v) is 14.6. The van der Waals surface area contributed by atoms with E-state index in [4.69, 9.17) is 5.73 Å². The number of hydrogen-bond acceptors (Lipinski definition) is 8. The van der Waals surface area contributed by atoms with Gasteiger partial charge in [0.1, 0.15) is 23.0 Å². The van der Waals surface area contributed by atoms with E-state index in [1.165, 1.54) is 17.9 Å². The number of hydrogen-bond donors (Lipinski definition) is 3.